The largest absolute Gasteiger partial charge is 0.509 e. The zero-order chi connectivity index (χ0) is 14.6. The second-order valence-electron chi connectivity index (χ2n) is 6.13. The Balaban J connectivity index is 1.93. The van der Waals surface area contributed by atoms with Crippen LogP contribution in [0.15, 0.2) is 42.5 Å². The molecule has 0 unspecified atom stereocenters. The lowest BCUT2D eigenvalue weighted by Gasteiger charge is -2.26. The van der Waals surface area contributed by atoms with Crippen molar-refractivity contribution < 1.29 is 14.3 Å². The summed E-state index contributed by atoms with van der Waals surface area (Å²) in [5.41, 5.74) is 0.767. The van der Waals surface area contributed by atoms with E-state index in [2.05, 4.69) is 18.2 Å². The van der Waals surface area contributed by atoms with Crippen molar-refractivity contribution in [3.63, 3.8) is 0 Å². The summed E-state index contributed by atoms with van der Waals surface area (Å²) in [4.78, 5) is 11.7. The van der Waals surface area contributed by atoms with Crippen molar-refractivity contribution in [2.45, 2.75) is 51.2 Å². The summed E-state index contributed by atoms with van der Waals surface area (Å²) < 4.78 is 10.6. The van der Waals surface area contributed by atoms with Crippen LogP contribution in [0.4, 0.5) is 4.79 Å². The molecule has 0 heterocycles. The van der Waals surface area contributed by atoms with Crippen molar-refractivity contribution in [2.75, 3.05) is 0 Å². The van der Waals surface area contributed by atoms with E-state index >= 15 is 0 Å². The molecule has 0 saturated carbocycles. The van der Waals surface area contributed by atoms with Crippen molar-refractivity contribution in [2.24, 2.45) is 0 Å². The first-order valence-electron chi connectivity index (χ1n) is 7.05. The molecule has 0 fully saturated rings. The number of carbonyl (C=O) groups is 1. The lowest BCUT2D eigenvalue weighted by molar-refractivity contribution is -0.0211. The number of carbonyl (C=O) groups excluding carboxylic acids is 1. The average Bonchev–Trinajstić information content (AvgIpc) is 2.38. The molecule has 0 saturated heterocycles. The highest BCUT2D eigenvalue weighted by atomic mass is 16.7. The van der Waals surface area contributed by atoms with Gasteiger partial charge in [-0.1, -0.05) is 36.4 Å². The van der Waals surface area contributed by atoms with Gasteiger partial charge in [-0.05, 0) is 51.2 Å². The topological polar surface area (TPSA) is 35.5 Å². The molecule has 1 aliphatic rings. The molecule has 3 nitrogen and oxygen atoms in total. The van der Waals surface area contributed by atoms with Gasteiger partial charge in [0.25, 0.3) is 0 Å². The summed E-state index contributed by atoms with van der Waals surface area (Å²) in [7, 11) is 0. The maximum absolute atomic E-state index is 11.7. The van der Waals surface area contributed by atoms with Crippen LogP contribution in [0.5, 0.6) is 0 Å². The Kier molecular flexibility index (Phi) is 4.48. The number of hydrogen-bond acceptors (Lipinski definition) is 3. The van der Waals surface area contributed by atoms with Crippen molar-refractivity contribution in [3.05, 3.63) is 48.0 Å². The molecule has 2 rings (SSSR count). The molecular formula is C17H22O3. The van der Waals surface area contributed by atoms with E-state index in [0.717, 1.165) is 12.8 Å². The fourth-order valence-corrected chi connectivity index (χ4v) is 2.33. The van der Waals surface area contributed by atoms with Gasteiger partial charge in [0.05, 0.1) is 0 Å². The van der Waals surface area contributed by atoms with Crippen LogP contribution in [0.2, 0.25) is 0 Å². The number of ether oxygens (including phenoxy) is 2. The van der Waals surface area contributed by atoms with Gasteiger partial charge >= 0.3 is 6.16 Å². The summed E-state index contributed by atoms with van der Waals surface area (Å²) in [6, 6.07) is 10.3. The molecule has 20 heavy (non-hydrogen) atoms. The second-order valence-corrected chi connectivity index (χ2v) is 6.13. The van der Waals surface area contributed by atoms with Gasteiger partial charge in [-0.25, -0.2) is 4.79 Å². The van der Waals surface area contributed by atoms with E-state index in [4.69, 9.17) is 9.47 Å². The maximum Gasteiger partial charge on any atom is 0.509 e. The van der Waals surface area contributed by atoms with E-state index < -0.39 is 11.8 Å². The van der Waals surface area contributed by atoms with Gasteiger partial charge in [-0.2, -0.15) is 0 Å². The Labute approximate surface area is 120 Å². The van der Waals surface area contributed by atoms with Crippen molar-refractivity contribution in [3.8, 4) is 0 Å². The summed E-state index contributed by atoms with van der Waals surface area (Å²) >= 11 is 0. The molecule has 0 N–H and O–H groups in total. The SMILES string of the molecule is CC(C)(C)OC(=O)O[C@H]1C=CC[C@H](c2ccccc2)C1. The molecule has 1 aromatic carbocycles. The highest BCUT2D eigenvalue weighted by molar-refractivity contribution is 5.61. The van der Waals surface area contributed by atoms with E-state index in [1.807, 2.05) is 45.0 Å². The third-order valence-corrected chi connectivity index (χ3v) is 3.20. The molecule has 2 atom stereocenters. The first-order chi connectivity index (χ1) is 9.44. The minimum atomic E-state index is -0.596. The predicted octanol–water partition coefficient (Wildman–Crippen LogP) is 4.44. The zero-order valence-corrected chi connectivity index (χ0v) is 12.3. The smallest absolute Gasteiger partial charge is 0.429 e. The Morgan fingerprint density at radius 1 is 1.20 bits per heavy atom. The highest BCUT2D eigenvalue weighted by Gasteiger charge is 2.25. The fraction of sp³-hybridized carbons (Fsp3) is 0.471. The molecule has 0 bridgehead atoms. The van der Waals surface area contributed by atoms with Crippen LogP contribution in [0.25, 0.3) is 0 Å². The molecule has 0 amide bonds. The van der Waals surface area contributed by atoms with Gasteiger partial charge in [0, 0.05) is 0 Å². The van der Waals surface area contributed by atoms with Crippen LogP contribution in [-0.4, -0.2) is 17.9 Å². The molecule has 3 heteroatoms. The standard InChI is InChI=1S/C17H22O3/c1-17(2,3)20-16(18)19-15-11-7-10-14(12-15)13-8-5-4-6-9-13/h4-9,11,14-15H,10,12H2,1-3H3/t14-,15-/m0/s1. The third-order valence-electron chi connectivity index (χ3n) is 3.20. The molecule has 0 spiro atoms. The normalized spacial score (nSPS) is 22.4. The quantitative estimate of drug-likeness (QED) is 0.590. The van der Waals surface area contributed by atoms with Crippen LogP contribution in [0, 0.1) is 0 Å². The zero-order valence-electron chi connectivity index (χ0n) is 12.3. The predicted molar refractivity (Wildman–Crippen MR) is 78.7 cm³/mol. The van der Waals surface area contributed by atoms with E-state index in [1.54, 1.807) is 0 Å². The van der Waals surface area contributed by atoms with Crippen LogP contribution < -0.4 is 0 Å². The van der Waals surface area contributed by atoms with E-state index in [-0.39, 0.29) is 6.10 Å². The molecule has 0 aliphatic heterocycles. The maximum atomic E-state index is 11.7. The molecule has 1 aromatic rings. The van der Waals surface area contributed by atoms with Crippen molar-refractivity contribution >= 4 is 6.16 Å². The Hall–Kier alpha value is -1.77. The average molecular weight is 274 g/mol. The Morgan fingerprint density at radius 3 is 2.55 bits per heavy atom. The number of rotatable bonds is 2. The third kappa shape index (κ3) is 4.41. The summed E-state index contributed by atoms with van der Waals surface area (Å²) in [6.07, 6.45) is 5.02. The Morgan fingerprint density at radius 2 is 1.90 bits per heavy atom. The fourth-order valence-electron chi connectivity index (χ4n) is 2.33. The second kappa shape index (κ2) is 6.12. The molecule has 0 radical (unpaired) electrons. The molecular weight excluding hydrogens is 252 g/mol. The summed E-state index contributed by atoms with van der Waals surface area (Å²) in [5.74, 6) is 0.397. The number of benzene rings is 1. The summed E-state index contributed by atoms with van der Waals surface area (Å²) in [5, 5.41) is 0. The van der Waals surface area contributed by atoms with Crippen molar-refractivity contribution in [1.82, 2.24) is 0 Å². The Bertz CT molecular complexity index is 471. The van der Waals surface area contributed by atoms with E-state index in [0.29, 0.717) is 5.92 Å². The van der Waals surface area contributed by atoms with Crippen LogP contribution in [-0.2, 0) is 9.47 Å². The molecule has 0 aromatic heterocycles. The van der Waals surface area contributed by atoms with Gasteiger partial charge in [-0.15, -0.1) is 0 Å². The van der Waals surface area contributed by atoms with Gasteiger partial charge in [0.15, 0.2) is 0 Å². The minimum absolute atomic E-state index is 0.205. The first-order valence-corrected chi connectivity index (χ1v) is 7.05. The lowest BCUT2D eigenvalue weighted by Crippen LogP contribution is -2.28. The van der Waals surface area contributed by atoms with E-state index in [1.165, 1.54) is 5.56 Å². The first kappa shape index (κ1) is 14.6. The van der Waals surface area contributed by atoms with Crippen LogP contribution in [0.1, 0.15) is 45.1 Å². The lowest BCUT2D eigenvalue weighted by atomic mass is 9.86. The summed E-state index contributed by atoms with van der Waals surface area (Å²) in [6.45, 7) is 5.49. The van der Waals surface area contributed by atoms with Gasteiger partial charge < -0.3 is 9.47 Å². The molecule has 108 valence electrons. The monoisotopic (exact) mass is 274 g/mol. The minimum Gasteiger partial charge on any atom is -0.429 e. The number of allylic oxidation sites excluding steroid dienone is 1. The van der Waals surface area contributed by atoms with Gasteiger partial charge in [0.1, 0.15) is 11.7 Å². The van der Waals surface area contributed by atoms with Crippen LogP contribution >= 0.6 is 0 Å². The highest BCUT2D eigenvalue weighted by Crippen LogP contribution is 2.30. The van der Waals surface area contributed by atoms with Crippen molar-refractivity contribution in [1.29, 1.82) is 0 Å². The van der Waals surface area contributed by atoms with E-state index in [9.17, 15) is 4.79 Å². The van der Waals surface area contributed by atoms with Gasteiger partial charge in [-0.3, -0.25) is 0 Å². The van der Waals surface area contributed by atoms with Crippen LogP contribution in [0.3, 0.4) is 0 Å². The molecule has 1 aliphatic carbocycles. The number of hydrogen-bond donors (Lipinski definition) is 0. The van der Waals surface area contributed by atoms with Gasteiger partial charge in [0.2, 0.25) is 0 Å².